The molecule has 0 saturated carbocycles. The Balaban J connectivity index is 3.28. The molecular formula is C10H10ClNO3S2. The van der Waals surface area contributed by atoms with E-state index in [2.05, 4.69) is 0 Å². The Morgan fingerprint density at radius 3 is 2.71 bits per heavy atom. The van der Waals surface area contributed by atoms with Gasteiger partial charge in [0, 0.05) is 5.75 Å². The van der Waals surface area contributed by atoms with Crippen LogP contribution in [-0.4, -0.2) is 22.5 Å². The second kappa shape index (κ2) is 6.15. The lowest BCUT2D eigenvalue weighted by atomic mass is 10.3. The van der Waals surface area contributed by atoms with Gasteiger partial charge in [0.1, 0.15) is 15.2 Å². The Labute approximate surface area is 111 Å². The number of hydrogen-bond acceptors (Lipinski definition) is 5. The summed E-state index contributed by atoms with van der Waals surface area (Å²) in [5.41, 5.74) is 0.111. The molecule has 17 heavy (non-hydrogen) atoms. The third-order valence-electron chi connectivity index (χ3n) is 1.86. The summed E-state index contributed by atoms with van der Waals surface area (Å²) < 4.78 is 16.8. The van der Waals surface area contributed by atoms with Gasteiger partial charge in [0.05, 0.1) is 28.0 Å². The predicted octanol–water partition coefficient (Wildman–Crippen LogP) is 2.58. The van der Waals surface area contributed by atoms with Crippen molar-refractivity contribution in [3.63, 3.8) is 0 Å². The molecule has 4 nitrogen and oxygen atoms in total. The quantitative estimate of drug-likeness (QED) is 0.800. The van der Waals surface area contributed by atoms with Gasteiger partial charge in [-0.25, -0.2) is 4.79 Å². The zero-order valence-electron chi connectivity index (χ0n) is 9.28. The van der Waals surface area contributed by atoms with Crippen LogP contribution in [0.15, 0.2) is 4.21 Å². The van der Waals surface area contributed by atoms with Crippen molar-refractivity contribution >= 4 is 39.7 Å². The van der Waals surface area contributed by atoms with Crippen LogP contribution in [0.2, 0.25) is 5.02 Å². The molecule has 0 aliphatic carbocycles. The minimum atomic E-state index is -1.31. The van der Waals surface area contributed by atoms with Gasteiger partial charge in [-0.2, -0.15) is 5.26 Å². The minimum Gasteiger partial charge on any atom is -0.462 e. The van der Waals surface area contributed by atoms with E-state index in [-0.39, 0.29) is 22.1 Å². The highest BCUT2D eigenvalue weighted by Gasteiger charge is 2.24. The van der Waals surface area contributed by atoms with Gasteiger partial charge >= 0.3 is 5.97 Å². The molecule has 0 bridgehead atoms. The van der Waals surface area contributed by atoms with Crippen LogP contribution in [0.5, 0.6) is 0 Å². The zero-order valence-corrected chi connectivity index (χ0v) is 11.7. The maximum atomic E-state index is 11.7. The summed E-state index contributed by atoms with van der Waals surface area (Å²) in [4.78, 5) is 11.7. The monoisotopic (exact) mass is 291 g/mol. The molecule has 0 radical (unpaired) electrons. The van der Waals surface area contributed by atoms with Gasteiger partial charge in [-0.1, -0.05) is 18.5 Å². The molecule has 0 saturated heterocycles. The highest BCUT2D eigenvalue weighted by molar-refractivity contribution is 7.87. The first-order valence-corrected chi connectivity index (χ1v) is 7.35. The predicted molar refractivity (Wildman–Crippen MR) is 66.9 cm³/mol. The lowest BCUT2D eigenvalue weighted by molar-refractivity contribution is 0.0532. The van der Waals surface area contributed by atoms with E-state index in [1.54, 1.807) is 13.8 Å². The number of carbonyl (C=O) groups excluding carboxylic acids is 1. The van der Waals surface area contributed by atoms with Crippen LogP contribution < -0.4 is 0 Å². The Morgan fingerprint density at radius 2 is 2.24 bits per heavy atom. The number of thiophene rings is 1. The molecule has 0 fully saturated rings. The molecule has 0 aromatic carbocycles. The Bertz CT molecular complexity index is 504. The molecule has 1 aromatic heterocycles. The Hall–Kier alpha value is -0.900. The molecule has 1 rings (SSSR count). The number of ether oxygens (including phenoxy) is 1. The number of halogens is 1. The molecule has 92 valence electrons. The van der Waals surface area contributed by atoms with E-state index in [1.807, 2.05) is 6.07 Å². The third kappa shape index (κ3) is 2.86. The molecule has 7 heteroatoms. The minimum absolute atomic E-state index is 0.0350. The first-order valence-electron chi connectivity index (χ1n) is 4.84. The first-order chi connectivity index (χ1) is 8.06. The summed E-state index contributed by atoms with van der Waals surface area (Å²) in [5.74, 6) is -0.216. The van der Waals surface area contributed by atoms with E-state index >= 15 is 0 Å². The smallest absolute Gasteiger partial charge is 0.349 e. The second-order valence-electron chi connectivity index (χ2n) is 2.87. The van der Waals surface area contributed by atoms with Crippen molar-refractivity contribution in [3.05, 3.63) is 15.5 Å². The van der Waals surface area contributed by atoms with Crippen molar-refractivity contribution in [1.29, 1.82) is 5.26 Å². The van der Waals surface area contributed by atoms with Crippen LogP contribution in [0.1, 0.15) is 29.1 Å². The molecular weight excluding hydrogens is 282 g/mol. The summed E-state index contributed by atoms with van der Waals surface area (Å²) in [6.45, 7) is 3.63. The zero-order chi connectivity index (χ0) is 13.0. The van der Waals surface area contributed by atoms with Crippen molar-refractivity contribution in [1.82, 2.24) is 0 Å². The normalized spacial score (nSPS) is 11.9. The summed E-state index contributed by atoms with van der Waals surface area (Å²) in [7, 11) is -1.31. The van der Waals surface area contributed by atoms with Gasteiger partial charge in [-0.3, -0.25) is 4.21 Å². The Kier molecular flexibility index (Phi) is 5.12. The number of rotatable bonds is 4. The average molecular weight is 292 g/mol. The number of carbonyl (C=O) groups is 1. The maximum absolute atomic E-state index is 11.7. The van der Waals surface area contributed by atoms with Gasteiger partial charge in [-0.15, -0.1) is 11.3 Å². The SMILES string of the molecule is CCOC(=O)c1sc(S(=O)CC)c(C#N)c1Cl. The fourth-order valence-corrected chi connectivity index (χ4v) is 3.93. The molecule has 0 aliphatic rings. The van der Waals surface area contributed by atoms with Crippen LogP contribution in [0.4, 0.5) is 0 Å². The van der Waals surface area contributed by atoms with Crippen molar-refractivity contribution in [2.75, 3.05) is 12.4 Å². The van der Waals surface area contributed by atoms with E-state index < -0.39 is 16.8 Å². The lowest BCUT2D eigenvalue weighted by Gasteiger charge is -1.97. The maximum Gasteiger partial charge on any atom is 0.349 e. The van der Waals surface area contributed by atoms with Gasteiger partial charge in [0.2, 0.25) is 0 Å². The average Bonchev–Trinajstić information content (AvgIpc) is 2.65. The standard InChI is InChI=1S/C10H10ClNO3S2/c1-3-15-9(13)8-7(11)6(5-12)10(16-8)17(14)4-2/h3-4H2,1-2H3. The van der Waals surface area contributed by atoms with Crippen LogP contribution in [-0.2, 0) is 15.5 Å². The highest BCUT2D eigenvalue weighted by atomic mass is 35.5. The molecule has 0 N–H and O–H groups in total. The van der Waals surface area contributed by atoms with Gasteiger partial charge in [0.15, 0.2) is 0 Å². The van der Waals surface area contributed by atoms with Gasteiger partial charge < -0.3 is 4.74 Å². The largest absolute Gasteiger partial charge is 0.462 e. The molecule has 1 atom stereocenters. The van der Waals surface area contributed by atoms with Crippen LogP contribution in [0.25, 0.3) is 0 Å². The Morgan fingerprint density at radius 1 is 1.59 bits per heavy atom. The van der Waals surface area contributed by atoms with Crippen LogP contribution >= 0.6 is 22.9 Å². The number of nitrogens with zero attached hydrogens (tertiary/aromatic N) is 1. The van der Waals surface area contributed by atoms with Crippen molar-refractivity contribution in [2.45, 2.75) is 18.1 Å². The van der Waals surface area contributed by atoms with E-state index in [1.165, 1.54) is 0 Å². The molecule has 1 unspecified atom stereocenters. The van der Waals surface area contributed by atoms with Crippen molar-refractivity contribution < 1.29 is 13.7 Å². The van der Waals surface area contributed by atoms with E-state index in [9.17, 15) is 9.00 Å². The van der Waals surface area contributed by atoms with E-state index in [4.69, 9.17) is 21.6 Å². The summed E-state index contributed by atoms with van der Waals surface area (Å²) in [5, 5.41) is 8.99. The van der Waals surface area contributed by atoms with Gasteiger partial charge in [-0.05, 0) is 6.92 Å². The summed E-state index contributed by atoms with van der Waals surface area (Å²) in [6, 6.07) is 1.87. The van der Waals surface area contributed by atoms with E-state index in [0.29, 0.717) is 9.96 Å². The molecule has 0 aliphatic heterocycles. The first kappa shape index (κ1) is 14.2. The fraction of sp³-hybridized carbons (Fsp3) is 0.400. The number of nitriles is 1. The number of hydrogen-bond donors (Lipinski definition) is 0. The van der Waals surface area contributed by atoms with Crippen molar-refractivity contribution in [3.8, 4) is 6.07 Å². The van der Waals surface area contributed by atoms with Crippen LogP contribution in [0.3, 0.4) is 0 Å². The lowest BCUT2D eigenvalue weighted by Crippen LogP contribution is -2.02. The molecule has 1 aromatic rings. The molecule has 1 heterocycles. The van der Waals surface area contributed by atoms with Crippen molar-refractivity contribution in [2.24, 2.45) is 0 Å². The van der Waals surface area contributed by atoms with Crippen LogP contribution in [0, 0.1) is 11.3 Å². The van der Waals surface area contributed by atoms with E-state index in [0.717, 1.165) is 11.3 Å². The van der Waals surface area contributed by atoms with Gasteiger partial charge in [0.25, 0.3) is 0 Å². The highest BCUT2D eigenvalue weighted by Crippen LogP contribution is 2.35. The number of esters is 1. The summed E-state index contributed by atoms with van der Waals surface area (Å²) >= 11 is 6.88. The summed E-state index contributed by atoms with van der Waals surface area (Å²) in [6.07, 6.45) is 0. The fourth-order valence-electron chi connectivity index (χ4n) is 1.11. The topological polar surface area (TPSA) is 67.2 Å². The molecule has 0 amide bonds. The molecule has 0 spiro atoms. The second-order valence-corrected chi connectivity index (χ2v) is 6.21. The third-order valence-corrected chi connectivity index (χ3v) is 5.26.